The van der Waals surface area contributed by atoms with Gasteiger partial charge in [-0.05, 0) is 75.6 Å². The van der Waals surface area contributed by atoms with Gasteiger partial charge in [0, 0.05) is 67.0 Å². The number of rotatable bonds is 23. The molecule has 432 valence electrons. The van der Waals surface area contributed by atoms with E-state index in [-0.39, 0.29) is 52.2 Å². The van der Waals surface area contributed by atoms with Gasteiger partial charge in [0.1, 0.15) is 40.7 Å². The molecule has 4 aromatic rings. The quantitative estimate of drug-likeness (QED) is 0.0223. The molecule has 1 saturated heterocycles. The van der Waals surface area contributed by atoms with Crippen molar-refractivity contribution in [2.75, 3.05) is 43.4 Å². The molecule has 0 bridgehead atoms. The summed E-state index contributed by atoms with van der Waals surface area (Å²) in [5.41, 5.74) is 9.01. The number of carbonyl (C=O) groups is 2. The molecule has 79 heavy (non-hydrogen) atoms. The van der Waals surface area contributed by atoms with Gasteiger partial charge in [-0.2, -0.15) is 21.6 Å². The number of phosphoric acid groups is 3. The van der Waals surface area contributed by atoms with Gasteiger partial charge in [-0.15, -0.1) is 0 Å². The lowest BCUT2D eigenvalue weighted by Gasteiger charge is -2.25. The first-order chi connectivity index (χ1) is 36.6. The summed E-state index contributed by atoms with van der Waals surface area (Å²) >= 11 is 0. The lowest BCUT2D eigenvalue weighted by atomic mass is 9.81. The van der Waals surface area contributed by atoms with Crippen molar-refractivity contribution in [3.05, 3.63) is 84.1 Å². The van der Waals surface area contributed by atoms with Crippen molar-refractivity contribution in [3.8, 4) is 0 Å². The number of alkyl carbamates (subject to hydrolysis) is 1. The van der Waals surface area contributed by atoms with E-state index in [2.05, 4.69) is 38.7 Å². The van der Waals surface area contributed by atoms with E-state index in [1.165, 1.54) is 28.8 Å². The number of hydrogen-bond donors (Lipinski definition) is 9. The van der Waals surface area contributed by atoms with Crippen molar-refractivity contribution in [2.24, 2.45) is 0 Å². The van der Waals surface area contributed by atoms with Crippen LogP contribution < -0.4 is 21.3 Å². The number of allylic oxidation sites excluding steroid dienone is 4. The highest BCUT2D eigenvalue weighted by Crippen LogP contribution is 2.66. The summed E-state index contributed by atoms with van der Waals surface area (Å²) < 4.78 is 132. The van der Waals surface area contributed by atoms with Crippen LogP contribution in [0.25, 0.3) is 11.2 Å². The molecule has 35 heteroatoms. The zero-order valence-corrected chi connectivity index (χ0v) is 47.1. The Bertz CT molecular complexity index is 3510. The van der Waals surface area contributed by atoms with E-state index in [0.717, 1.165) is 35.4 Å². The van der Waals surface area contributed by atoms with Crippen molar-refractivity contribution in [1.29, 1.82) is 0 Å². The topological polar surface area (TPSA) is 444 Å². The fourth-order valence-electron chi connectivity index (χ4n) is 9.52. The van der Waals surface area contributed by atoms with Gasteiger partial charge in [0.2, 0.25) is 11.6 Å². The smallest absolute Gasteiger partial charge is 0.490 e. The van der Waals surface area contributed by atoms with Crippen LogP contribution in [0.1, 0.15) is 77.7 Å². The fourth-order valence-corrected chi connectivity index (χ4v) is 13.6. The maximum Gasteiger partial charge on any atom is 0.490 e. The summed E-state index contributed by atoms with van der Waals surface area (Å²) in [5, 5.41) is 16.3. The summed E-state index contributed by atoms with van der Waals surface area (Å²) in [7, 11) is -26.5. The second-order valence-electron chi connectivity index (χ2n) is 19.2. The van der Waals surface area contributed by atoms with Crippen LogP contribution in [-0.2, 0) is 72.2 Å². The summed E-state index contributed by atoms with van der Waals surface area (Å²) in [6, 6.07) is 8.72. The molecule has 5 heterocycles. The number of benzene rings is 2. The average molecular weight is 1210 g/mol. The van der Waals surface area contributed by atoms with E-state index in [1.54, 1.807) is 12.1 Å². The van der Waals surface area contributed by atoms with Crippen LogP contribution in [0.2, 0.25) is 0 Å². The highest BCUT2D eigenvalue weighted by atomic mass is 32.2. The Labute approximate surface area is 452 Å². The monoisotopic (exact) mass is 1210 g/mol. The summed E-state index contributed by atoms with van der Waals surface area (Å²) in [4.78, 5) is 76.6. The third kappa shape index (κ3) is 14.0. The number of anilines is 2. The van der Waals surface area contributed by atoms with Gasteiger partial charge in [0.05, 0.1) is 28.1 Å². The molecule has 6 atom stereocenters. The highest BCUT2D eigenvalue weighted by Gasteiger charge is 2.50. The van der Waals surface area contributed by atoms with Gasteiger partial charge in [0.15, 0.2) is 29.5 Å². The number of nitrogen functional groups attached to an aromatic ring is 1. The van der Waals surface area contributed by atoms with E-state index < -0.39 is 91.8 Å². The second-order valence-corrected chi connectivity index (χ2v) is 26.4. The van der Waals surface area contributed by atoms with Gasteiger partial charge in [-0.1, -0.05) is 19.9 Å². The number of likely N-dealkylation sites (N-methyl/N-ethyl adjacent to an activating group) is 1. The number of aliphatic hydroxyl groups excluding tert-OH is 1. The standard InChI is InChI=1S/C44H58N9O21P3S2/c1-6-51-30-16-14-26(78(64,65)66)21-28(30)43(2,3)33(51)11-10-12-34-44(4,5)29-22-27(79(67,68)69)15-17-31(29)52(34)20-9-7-8-13-35(54)46-18-19-47-42(56)72-38-37(55)32(23-70-76(60,61)74-77(62,63)73-75(57,58)59)71-41(38)53-25-50-36-39(45)48-24-49-40(36)53/h10-12,14-17,21-22,24-25,32,37-38,41,55H,6-9,13,18-20,23H2,1-5H3,(H9-,45,46,47,48,49,54,56,57,58,59,60,61,62,63,64,65,66,67,68,69)/t32-,37-,38-,41-/m1/s1. The van der Waals surface area contributed by atoms with Gasteiger partial charge in [0.25, 0.3) is 10.1 Å². The van der Waals surface area contributed by atoms with E-state index >= 15 is 0 Å². The van der Waals surface area contributed by atoms with Crippen LogP contribution in [-0.4, -0.2) is 144 Å². The number of fused-ring (bicyclic) bond motifs is 3. The third-order valence-electron chi connectivity index (χ3n) is 13.2. The molecule has 0 spiro atoms. The molecule has 3 aliphatic heterocycles. The molecule has 1 fully saturated rings. The number of phosphoric ester groups is 1. The molecule has 0 radical (unpaired) electrons. The Hall–Kier alpha value is -5.37. The number of carbonyl (C=O) groups excluding carboxylic acids is 2. The number of hydrogen-bond acceptors (Lipinski definition) is 21. The number of ether oxygens (including phenoxy) is 2. The van der Waals surface area contributed by atoms with Crippen LogP contribution in [0.15, 0.2) is 82.8 Å². The molecule has 2 aromatic carbocycles. The van der Waals surface area contributed by atoms with E-state index in [4.69, 9.17) is 25.0 Å². The molecule has 2 aromatic heterocycles. The first-order valence-corrected chi connectivity index (χ1v) is 31.3. The van der Waals surface area contributed by atoms with E-state index in [9.17, 15) is 64.1 Å². The van der Waals surface area contributed by atoms with Crippen molar-refractivity contribution in [2.45, 2.75) is 105 Å². The van der Waals surface area contributed by atoms with E-state index in [1.807, 2.05) is 62.3 Å². The Balaban J connectivity index is 0.949. The Kier molecular flexibility index (Phi) is 18.0. The number of nitrogens with one attached hydrogen (secondary N) is 2. The van der Waals surface area contributed by atoms with Crippen LogP contribution >= 0.6 is 23.5 Å². The molecule has 7 rings (SSSR count). The van der Waals surface area contributed by atoms with Crippen molar-refractivity contribution in [1.82, 2.24) is 30.2 Å². The zero-order chi connectivity index (χ0) is 58.3. The maximum atomic E-state index is 13.1. The summed E-state index contributed by atoms with van der Waals surface area (Å²) in [5.74, 6) is -0.404. The van der Waals surface area contributed by atoms with Gasteiger partial charge < -0.3 is 60.0 Å². The summed E-state index contributed by atoms with van der Waals surface area (Å²) in [6.45, 7) is 9.30. The normalized spacial score (nSPS) is 22.0. The molecule has 3 aliphatic rings. The van der Waals surface area contributed by atoms with Crippen LogP contribution in [0.5, 0.6) is 0 Å². The van der Waals surface area contributed by atoms with Gasteiger partial charge >= 0.3 is 29.6 Å². The number of amides is 2. The minimum absolute atomic E-state index is 0.0323. The number of unbranched alkanes of at least 4 members (excludes halogenated alkanes) is 2. The Morgan fingerprint density at radius 1 is 0.911 bits per heavy atom. The van der Waals surface area contributed by atoms with Crippen molar-refractivity contribution in [3.63, 3.8) is 0 Å². The number of imidazole rings is 1. The van der Waals surface area contributed by atoms with E-state index in [0.29, 0.717) is 43.5 Å². The molecule has 2 amide bonds. The minimum Gasteiger partial charge on any atom is -0.744 e. The molecular formula is C44H58N9O21P3S2. The molecule has 2 unspecified atom stereocenters. The average Bonchev–Trinajstić information content (AvgIpc) is 4.21. The minimum atomic E-state index is -5.89. The number of nitrogens with zero attached hydrogens (tertiary/aromatic N) is 6. The molecule has 30 nitrogen and oxygen atoms in total. The zero-order valence-electron chi connectivity index (χ0n) is 42.7. The molecule has 10 N–H and O–H groups in total. The molecular weight excluding hydrogens is 1150 g/mol. The number of nitrogens with two attached hydrogens (primary N) is 1. The first kappa shape index (κ1) is 61.3. The lowest BCUT2D eigenvalue weighted by Crippen LogP contribution is -2.41. The fraction of sp³-hybridized carbons (Fsp3) is 0.455. The lowest BCUT2D eigenvalue weighted by molar-refractivity contribution is -0.438. The maximum absolute atomic E-state index is 13.1. The van der Waals surface area contributed by atoms with Crippen LogP contribution in [0.4, 0.5) is 22.0 Å². The summed E-state index contributed by atoms with van der Waals surface area (Å²) in [6.07, 6.45) is 1.80. The van der Waals surface area contributed by atoms with Crippen LogP contribution in [0.3, 0.4) is 0 Å². The second kappa shape index (κ2) is 23.2. The highest BCUT2D eigenvalue weighted by molar-refractivity contribution is 7.86. The SMILES string of the molecule is CCN1/C(=C/C=C/C2=[N+](CCCCCC(=O)NCCNC(=O)O[C@@H]3[C@H](O)[C@@H](COP(=O)(O)OP(=O)(O)OP(=O)(O)O)O[C@H]3n3cnc4c(N)ncnc43)c3ccc(S(=O)(=O)O)cc3C2(C)C)C(C)(C)c2cc(S(=O)(=O)[O-])ccc21. The van der Waals surface area contributed by atoms with Crippen LogP contribution in [0, 0.1) is 0 Å². The van der Waals surface area contributed by atoms with Gasteiger partial charge in [-0.25, -0.2) is 41.9 Å². The first-order valence-electron chi connectivity index (χ1n) is 23.9. The predicted octanol–water partition coefficient (Wildman–Crippen LogP) is 3.27. The predicted molar refractivity (Wildman–Crippen MR) is 276 cm³/mol. The number of aromatic nitrogens is 4. The largest absolute Gasteiger partial charge is 0.744 e. The van der Waals surface area contributed by atoms with Crippen molar-refractivity contribution >= 4 is 89.8 Å². The Morgan fingerprint density at radius 2 is 1.59 bits per heavy atom. The molecule has 0 aliphatic carbocycles. The number of aliphatic hydroxyl groups is 1. The third-order valence-corrected chi connectivity index (χ3v) is 18.7. The Morgan fingerprint density at radius 3 is 2.27 bits per heavy atom. The molecule has 0 saturated carbocycles. The van der Waals surface area contributed by atoms with Gasteiger partial charge in [-0.3, -0.25) is 18.4 Å². The van der Waals surface area contributed by atoms with Crippen molar-refractivity contribution < 1.29 is 101 Å².